The summed E-state index contributed by atoms with van der Waals surface area (Å²) in [5, 5.41) is 7.41. The predicted molar refractivity (Wildman–Crippen MR) is 115 cm³/mol. The van der Waals surface area contributed by atoms with Crippen LogP contribution in [0.4, 0.5) is 5.95 Å². The standard InChI is InChI=1S/C23H24N4O4/c1-14-6-5-7-16(10-14)12-31-18-9-8-17(11-19(18)29-3)21-20(22(28)30-4)15(2)26-23-24-13-25-27(21)23/h5-11,13,21H,12H2,1-4H3,(H,24,25,26). The van der Waals surface area contributed by atoms with E-state index in [1.807, 2.05) is 50.2 Å². The Morgan fingerprint density at radius 2 is 1.97 bits per heavy atom. The molecule has 0 aliphatic carbocycles. The van der Waals surface area contributed by atoms with Crippen LogP contribution in [-0.4, -0.2) is 35.0 Å². The lowest BCUT2D eigenvalue weighted by atomic mass is 9.95. The van der Waals surface area contributed by atoms with Gasteiger partial charge in [-0.2, -0.15) is 10.1 Å². The largest absolute Gasteiger partial charge is 0.493 e. The second-order valence-electron chi connectivity index (χ2n) is 7.27. The van der Waals surface area contributed by atoms with Gasteiger partial charge >= 0.3 is 5.97 Å². The predicted octanol–water partition coefficient (Wildman–Crippen LogP) is 3.64. The molecule has 0 amide bonds. The minimum Gasteiger partial charge on any atom is -0.493 e. The molecular formula is C23H24N4O4. The van der Waals surface area contributed by atoms with Gasteiger partial charge in [-0.15, -0.1) is 0 Å². The summed E-state index contributed by atoms with van der Waals surface area (Å²) in [5.74, 6) is 1.29. The molecule has 160 valence electrons. The summed E-state index contributed by atoms with van der Waals surface area (Å²) in [5.41, 5.74) is 4.17. The Morgan fingerprint density at radius 3 is 2.71 bits per heavy atom. The fourth-order valence-corrected chi connectivity index (χ4v) is 3.71. The van der Waals surface area contributed by atoms with Gasteiger partial charge in [0.15, 0.2) is 11.5 Å². The highest BCUT2D eigenvalue weighted by atomic mass is 16.5. The zero-order valence-electron chi connectivity index (χ0n) is 17.9. The highest BCUT2D eigenvalue weighted by Crippen LogP contribution is 2.38. The van der Waals surface area contributed by atoms with Crippen LogP contribution >= 0.6 is 0 Å². The Morgan fingerprint density at radius 1 is 1.13 bits per heavy atom. The number of methoxy groups -OCH3 is 2. The monoisotopic (exact) mass is 420 g/mol. The molecule has 2 heterocycles. The highest BCUT2D eigenvalue weighted by molar-refractivity contribution is 5.92. The van der Waals surface area contributed by atoms with E-state index in [0.29, 0.717) is 35.3 Å². The summed E-state index contributed by atoms with van der Waals surface area (Å²) in [6.45, 7) is 4.28. The summed E-state index contributed by atoms with van der Waals surface area (Å²) in [7, 11) is 2.95. The maximum Gasteiger partial charge on any atom is 0.338 e. The van der Waals surface area contributed by atoms with Gasteiger partial charge in [0.05, 0.1) is 19.8 Å². The van der Waals surface area contributed by atoms with Gasteiger partial charge in [0.2, 0.25) is 5.95 Å². The first-order chi connectivity index (χ1) is 15.0. The third-order valence-electron chi connectivity index (χ3n) is 5.18. The number of esters is 1. The van der Waals surface area contributed by atoms with E-state index in [1.54, 1.807) is 11.8 Å². The smallest absolute Gasteiger partial charge is 0.338 e. The molecule has 0 bridgehead atoms. The average Bonchev–Trinajstić information content (AvgIpc) is 3.24. The molecule has 1 aliphatic rings. The Bertz CT molecular complexity index is 1150. The second-order valence-corrected chi connectivity index (χ2v) is 7.27. The molecule has 3 aromatic rings. The minimum atomic E-state index is -0.508. The van der Waals surface area contributed by atoms with E-state index in [4.69, 9.17) is 14.2 Å². The van der Waals surface area contributed by atoms with Crippen molar-refractivity contribution in [1.82, 2.24) is 14.8 Å². The van der Waals surface area contributed by atoms with Crippen molar-refractivity contribution in [2.45, 2.75) is 26.5 Å². The first kappa shape index (κ1) is 20.5. The number of anilines is 1. The first-order valence-corrected chi connectivity index (χ1v) is 9.83. The van der Waals surface area contributed by atoms with Crippen LogP contribution in [0.1, 0.15) is 29.7 Å². The van der Waals surface area contributed by atoms with E-state index in [-0.39, 0.29) is 0 Å². The van der Waals surface area contributed by atoms with Crippen molar-refractivity contribution in [3.63, 3.8) is 0 Å². The van der Waals surface area contributed by atoms with Gasteiger partial charge in [-0.25, -0.2) is 9.48 Å². The lowest BCUT2D eigenvalue weighted by Crippen LogP contribution is -2.29. The van der Waals surface area contributed by atoms with Crippen LogP contribution in [0, 0.1) is 6.92 Å². The van der Waals surface area contributed by atoms with Crippen molar-refractivity contribution in [3.05, 3.63) is 76.8 Å². The second kappa shape index (κ2) is 8.51. The molecule has 1 unspecified atom stereocenters. The number of nitrogens with one attached hydrogen (secondary N) is 1. The van der Waals surface area contributed by atoms with Crippen LogP contribution < -0.4 is 14.8 Å². The van der Waals surface area contributed by atoms with Crippen LogP contribution in [0.2, 0.25) is 0 Å². The number of hydrogen-bond acceptors (Lipinski definition) is 7. The minimum absolute atomic E-state index is 0.421. The van der Waals surface area contributed by atoms with Crippen molar-refractivity contribution in [2.75, 3.05) is 19.5 Å². The number of nitrogens with zero attached hydrogens (tertiary/aromatic N) is 3. The van der Waals surface area contributed by atoms with Gasteiger partial charge in [0.25, 0.3) is 0 Å². The van der Waals surface area contributed by atoms with Crippen LogP contribution in [0.5, 0.6) is 11.5 Å². The summed E-state index contributed by atoms with van der Waals surface area (Å²) in [4.78, 5) is 16.8. The molecular weight excluding hydrogens is 396 g/mol. The summed E-state index contributed by atoms with van der Waals surface area (Å²) in [6.07, 6.45) is 1.44. The zero-order valence-corrected chi connectivity index (χ0v) is 17.9. The van der Waals surface area contributed by atoms with E-state index >= 15 is 0 Å². The Hall–Kier alpha value is -3.81. The molecule has 1 N–H and O–H groups in total. The fraction of sp³-hybridized carbons (Fsp3) is 0.261. The number of ether oxygens (including phenoxy) is 3. The number of aromatic nitrogens is 3. The number of aryl methyl sites for hydroxylation is 1. The first-order valence-electron chi connectivity index (χ1n) is 9.83. The molecule has 0 saturated heterocycles. The van der Waals surface area contributed by atoms with E-state index in [1.165, 1.54) is 19.0 Å². The summed E-state index contributed by atoms with van der Waals surface area (Å²) < 4.78 is 18.3. The van der Waals surface area contributed by atoms with Crippen molar-refractivity contribution in [1.29, 1.82) is 0 Å². The molecule has 4 rings (SSSR count). The fourth-order valence-electron chi connectivity index (χ4n) is 3.71. The molecule has 2 aromatic carbocycles. The number of carbonyl (C=O) groups is 1. The molecule has 31 heavy (non-hydrogen) atoms. The van der Waals surface area contributed by atoms with Crippen LogP contribution in [-0.2, 0) is 16.1 Å². The van der Waals surface area contributed by atoms with Crippen molar-refractivity contribution >= 4 is 11.9 Å². The van der Waals surface area contributed by atoms with Gasteiger partial charge in [-0.1, -0.05) is 35.9 Å². The molecule has 0 spiro atoms. The molecule has 0 radical (unpaired) electrons. The number of rotatable bonds is 6. The van der Waals surface area contributed by atoms with Gasteiger partial charge in [-0.05, 0) is 37.1 Å². The number of carbonyl (C=O) groups excluding carboxylic acids is 1. The average molecular weight is 420 g/mol. The maximum absolute atomic E-state index is 12.6. The highest BCUT2D eigenvalue weighted by Gasteiger charge is 2.34. The molecule has 1 aliphatic heterocycles. The Balaban J connectivity index is 1.68. The number of fused-ring (bicyclic) bond motifs is 1. The molecule has 0 fully saturated rings. The van der Waals surface area contributed by atoms with Gasteiger partial charge in [0.1, 0.15) is 19.0 Å². The van der Waals surface area contributed by atoms with Crippen LogP contribution in [0.3, 0.4) is 0 Å². The van der Waals surface area contributed by atoms with E-state index in [2.05, 4.69) is 21.5 Å². The van der Waals surface area contributed by atoms with Gasteiger partial charge < -0.3 is 19.5 Å². The molecule has 1 aromatic heterocycles. The van der Waals surface area contributed by atoms with Crippen molar-refractivity contribution < 1.29 is 19.0 Å². The SMILES string of the molecule is COC(=O)C1=C(C)Nc2ncnn2C1c1ccc(OCc2cccc(C)c2)c(OC)c1. The van der Waals surface area contributed by atoms with Crippen LogP contribution in [0.15, 0.2) is 60.1 Å². The van der Waals surface area contributed by atoms with Crippen molar-refractivity contribution in [3.8, 4) is 11.5 Å². The topological polar surface area (TPSA) is 87.5 Å². The third-order valence-corrected chi connectivity index (χ3v) is 5.18. The quantitative estimate of drug-likeness (QED) is 0.609. The van der Waals surface area contributed by atoms with Crippen LogP contribution in [0.25, 0.3) is 0 Å². The molecule has 8 nitrogen and oxygen atoms in total. The summed E-state index contributed by atoms with van der Waals surface area (Å²) >= 11 is 0. The lowest BCUT2D eigenvalue weighted by Gasteiger charge is -2.28. The van der Waals surface area contributed by atoms with Gasteiger partial charge in [-0.3, -0.25) is 0 Å². The number of allylic oxidation sites excluding steroid dienone is 1. The normalized spacial score (nSPS) is 15.2. The zero-order chi connectivity index (χ0) is 22.0. The van der Waals surface area contributed by atoms with E-state index in [0.717, 1.165) is 11.1 Å². The van der Waals surface area contributed by atoms with Gasteiger partial charge in [0, 0.05) is 5.70 Å². The Kier molecular flexibility index (Phi) is 5.62. The lowest BCUT2D eigenvalue weighted by molar-refractivity contribution is -0.136. The maximum atomic E-state index is 12.6. The molecule has 8 heteroatoms. The molecule has 0 saturated carbocycles. The van der Waals surface area contributed by atoms with E-state index in [9.17, 15) is 4.79 Å². The molecule has 1 atom stereocenters. The van der Waals surface area contributed by atoms with Crippen molar-refractivity contribution in [2.24, 2.45) is 0 Å². The summed E-state index contributed by atoms with van der Waals surface area (Å²) in [6, 6.07) is 13.2. The third kappa shape index (κ3) is 3.96. The Labute approximate surface area is 180 Å². The number of benzene rings is 2. The number of hydrogen-bond donors (Lipinski definition) is 1. The van der Waals surface area contributed by atoms with E-state index < -0.39 is 12.0 Å².